The lowest BCUT2D eigenvalue weighted by atomic mass is 9.96. The van der Waals surface area contributed by atoms with Crippen LogP contribution in [0.15, 0.2) is 0 Å². The molecule has 1 N–H and O–H groups in total. The average Bonchev–Trinajstić information content (AvgIpc) is 3.01. The highest BCUT2D eigenvalue weighted by Gasteiger charge is 2.57. The Kier molecular flexibility index (Phi) is 3.18. The first kappa shape index (κ1) is 11.9. The Balaban J connectivity index is 1.60. The van der Waals surface area contributed by atoms with E-state index in [4.69, 9.17) is 0 Å². The van der Waals surface area contributed by atoms with Crippen LogP contribution in [-0.2, 0) is 0 Å². The van der Waals surface area contributed by atoms with E-state index in [-0.39, 0.29) is 0 Å². The number of hydrogen-bond acceptors (Lipinski definition) is 3. The molecule has 0 spiro atoms. The molecular formula is C14H27N3. The summed E-state index contributed by atoms with van der Waals surface area (Å²) in [6, 6.07) is 2.46. The molecule has 1 saturated carbocycles. The van der Waals surface area contributed by atoms with Gasteiger partial charge in [0, 0.05) is 50.8 Å². The van der Waals surface area contributed by atoms with Gasteiger partial charge in [0.25, 0.3) is 0 Å². The summed E-state index contributed by atoms with van der Waals surface area (Å²) in [5.74, 6) is 1.95. The predicted octanol–water partition coefficient (Wildman–Crippen LogP) is 1.01. The van der Waals surface area contributed by atoms with E-state index in [9.17, 15) is 0 Å². The third-order valence-electron chi connectivity index (χ3n) is 5.10. The molecule has 0 amide bonds. The standard InChI is InChI=1S/C14H27N3/c1-10(2)17-11(3)13(12-8-14(12)17)9-16-6-4-15-5-7-16/h10-15H,4-9H2,1-3H3/t11-,12-,13?,14?/m1/s1. The first-order valence-corrected chi connectivity index (χ1v) is 7.39. The molecule has 2 heterocycles. The third kappa shape index (κ3) is 2.13. The van der Waals surface area contributed by atoms with Crippen molar-refractivity contribution in [2.75, 3.05) is 32.7 Å². The highest BCUT2D eigenvalue weighted by molar-refractivity contribution is 5.10. The fourth-order valence-corrected chi connectivity index (χ4v) is 4.22. The molecule has 0 bridgehead atoms. The van der Waals surface area contributed by atoms with Gasteiger partial charge in [0.1, 0.15) is 0 Å². The zero-order valence-corrected chi connectivity index (χ0v) is 11.5. The van der Waals surface area contributed by atoms with E-state index < -0.39 is 0 Å². The van der Waals surface area contributed by atoms with Gasteiger partial charge in [-0.05, 0) is 39.0 Å². The molecule has 17 heavy (non-hydrogen) atoms. The van der Waals surface area contributed by atoms with Crippen molar-refractivity contribution in [1.82, 2.24) is 15.1 Å². The normalized spacial score (nSPS) is 43.1. The number of nitrogens with one attached hydrogen (secondary N) is 1. The minimum atomic E-state index is 0.730. The highest BCUT2D eigenvalue weighted by atomic mass is 15.3. The van der Waals surface area contributed by atoms with Crippen molar-refractivity contribution in [2.45, 2.75) is 45.3 Å². The molecule has 1 aliphatic carbocycles. The molecule has 3 heteroatoms. The van der Waals surface area contributed by atoms with Crippen molar-refractivity contribution < 1.29 is 0 Å². The minimum Gasteiger partial charge on any atom is -0.314 e. The molecule has 3 fully saturated rings. The molecule has 0 aromatic rings. The molecule has 2 unspecified atom stereocenters. The Bertz CT molecular complexity index is 273. The van der Waals surface area contributed by atoms with Gasteiger partial charge >= 0.3 is 0 Å². The SMILES string of the molecule is CC(C)N1C2C[C@@H]2C(CN2CCNCC2)[C@H]1C. The summed E-state index contributed by atoms with van der Waals surface area (Å²) in [6.07, 6.45) is 1.47. The molecule has 2 aliphatic heterocycles. The van der Waals surface area contributed by atoms with Crippen LogP contribution in [0.25, 0.3) is 0 Å². The summed E-state index contributed by atoms with van der Waals surface area (Å²) in [4.78, 5) is 5.45. The lowest BCUT2D eigenvalue weighted by molar-refractivity contribution is 0.125. The summed E-state index contributed by atoms with van der Waals surface area (Å²) in [7, 11) is 0. The molecule has 4 atom stereocenters. The van der Waals surface area contributed by atoms with Gasteiger partial charge in [-0.15, -0.1) is 0 Å². The van der Waals surface area contributed by atoms with Crippen LogP contribution in [0.1, 0.15) is 27.2 Å². The maximum absolute atomic E-state index is 3.45. The van der Waals surface area contributed by atoms with Gasteiger partial charge in [-0.3, -0.25) is 4.90 Å². The van der Waals surface area contributed by atoms with Crippen molar-refractivity contribution in [3.05, 3.63) is 0 Å². The average molecular weight is 237 g/mol. The van der Waals surface area contributed by atoms with Crippen LogP contribution in [0.5, 0.6) is 0 Å². The molecule has 0 radical (unpaired) electrons. The van der Waals surface area contributed by atoms with Crippen LogP contribution in [-0.4, -0.2) is 60.6 Å². The molecule has 98 valence electrons. The Hall–Kier alpha value is -0.120. The van der Waals surface area contributed by atoms with E-state index in [1.54, 1.807) is 0 Å². The fraction of sp³-hybridized carbons (Fsp3) is 1.00. The lowest BCUT2D eigenvalue weighted by Gasteiger charge is -2.35. The number of rotatable bonds is 3. The van der Waals surface area contributed by atoms with Crippen molar-refractivity contribution in [1.29, 1.82) is 0 Å². The second kappa shape index (κ2) is 4.52. The van der Waals surface area contributed by atoms with Crippen LogP contribution in [0.4, 0.5) is 0 Å². The molecule has 2 saturated heterocycles. The van der Waals surface area contributed by atoms with Gasteiger partial charge in [0.2, 0.25) is 0 Å². The molecule has 3 aliphatic rings. The first-order chi connectivity index (χ1) is 8.18. The zero-order chi connectivity index (χ0) is 12.0. The number of piperidine rings is 1. The maximum atomic E-state index is 3.45. The number of piperazine rings is 1. The second-order valence-electron chi connectivity index (χ2n) is 6.46. The molecule has 0 aromatic carbocycles. The number of fused-ring (bicyclic) bond motifs is 1. The van der Waals surface area contributed by atoms with E-state index in [0.717, 1.165) is 30.0 Å². The van der Waals surface area contributed by atoms with E-state index in [0.29, 0.717) is 0 Å². The maximum Gasteiger partial charge on any atom is 0.0137 e. The third-order valence-corrected chi connectivity index (χ3v) is 5.10. The van der Waals surface area contributed by atoms with Crippen LogP contribution in [0, 0.1) is 11.8 Å². The van der Waals surface area contributed by atoms with E-state index in [1.165, 1.54) is 39.1 Å². The predicted molar refractivity (Wildman–Crippen MR) is 71.1 cm³/mol. The van der Waals surface area contributed by atoms with Gasteiger partial charge in [-0.25, -0.2) is 0 Å². The lowest BCUT2D eigenvalue weighted by Crippen LogP contribution is -2.48. The van der Waals surface area contributed by atoms with Crippen molar-refractivity contribution >= 4 is 0 Å². The zero-order valence-electron chi connectivity index (χ0n) is 11.5. The van der Waals surface area contributed by atoms with Gasteiger partial charge in [0.05, 0.1) is 0 Å². The smallest absolute Gasteiger partial charge is 0.0137 e. The fourth-order valence-electron chi connectivity index (χ4n) is 4.22. The minimum absolute atomic E-state index is 0.730. The van der Waals surface area contributed by atoms with Crippen LogP contribution < -0.4 is 5.32 Å². The summed E-state index contributed by atoms with van der Waals surface area (Å²) < 4.78 is 0. The van der Waals surface area contributed by atoms with Crippen LogP contribution in [0.2, 0.25) is 0 Å². The summed E-state index contributed by atoms with van der Waals surface area (Å²) in [5, 5.41) is 3.45. The number of nitrogens with zero attached hydrogens (tertiary/aromatic N) is 2. The highest BCUT2D eigenvalue weighted by Crippen LogP contribution is 2.52. The van der Waals surface area contributed by atoms with Gasteiger partial charge in [-0.2, -0.15) is 0 Å². The molecule has 0 aromatic heterocycles. The largest absolute Gasteiger partial charge is 0.314 e. The van der Waals surface area contributed by atoms with Crippen molar-refractivity contribution in [3.63, 3.8) is 0 Å². The van der Waals surface area contributed by atoms with Crippen LogP contribution >= 0.6 is 0 Å². The summed E-state index contributed by atoms with van der Waals surface area (Å²) in [6.45, 7) is 13.4. The van der Waals surface area contributed by atoms with E-state index in [2.05, 4.69) is 35.9 Å². The second-order valence-corrected chi connectivity index (χ2v) is 6.46. The molecular weight excluding hydrogens is 210 g/mol. The monoisotopic (exact) mass is 237 g/mol. The summed E-state index contributed by atoms with van der Waals surface area (Å²) in [5.41, 5.74) is 0. The number of likely N-dealkylation sites (tertiary alicyclic amines) is 1. The van der Waals surface area contributed by atoms with E-state index in [1.807, 2.05) is 0 Å². The van der Waals surface area contributed by atoms with Crippen LogP contribution in [0.3, 0.4) is 0 Å². The molecule has 3 rings (SSSR count). The number of hydrogen-bond donors (Lipinski definition) is 1. The quantitative estimate of drug-likeness (QED) is 0.790. The van der Waals surface area contributed by atoms with Gasteiger partial charge in [-0.1, -0.05) is 0 Å². The Labute approximate surface area is 106 Å². The van der Waals surface area contributed by atoms with Gasteiger partial charge < -0.3 is 10.2 Å². The molecule has 3 nitrogen and oxygen atoms in total. The topological polar surface area (TPSA) is 18.5 Å². The Morgan fingerprint density at radius 1 is 1.24 bits per heavy atom. The first-order valence-electron chi connectivity index (χ1n) is 7.39. The summed E-state index contributed by atoms with van der Waals surface area (Å²) >= 11 is 0. The van der Waals surface area contributed by atoms with Crippen molar-refractivity contribution in [2.24, 2.45) is 11.8 Å². The van der Waals surface area contributed by atoms with Crippen molar-refractivity contribution in [3.8, 4) is 0 Å². The van der Waals surface area contributed by atoms with Gasteiger partial charge in [0.15, 0.2) is 0 Å². The van der Waals surface area contributed by atoms with E-state index >= 15 is 0 Å². The Morgan fingerprint density at radius 3 is 2.53 bits per heavy atom. The Morgan fingerprint density at radius 2 is 1.94 bits per heavy atom.